The SMILES string of the molecule is CCCCc1cccc2c1CC(CCCC)(CCCC)[C@@H]2N1C(=O)C=CC1=O. The number of imide groups is 1. The highest BCUT2D eigenvalue weighted by atomic mass is 16.2. The van der Waals surface area contributed by atoms with Crippen LogP contribution in [0, 0.1) is 5.41 Å². The van der Waals surface area contributed by atoms with Crippen molar-refractivity contribution in [3.05, 3.63) is 47.0 Å². The molecule has 1 aromatic carbocycles. The molecule has 0 aromatic heterocycles. The lowest BCUT2D eigenvalue weighted by Crippen LogP contribution is -2.42. The third kappa shape index (κ3) is 3.81. The van der Waals surface area contributed by atoms with Gasteiger partial charge < -0.3 is 0 Å². The molecule has 0 bridgehead atoms. The van der Waals surface area contributed by atoms with Crippen molar-refractivity contribution in [1.82, 2.24) is 4.90 Å². The van der Waals surface area contributed by atoms with Crippen molar-refractivity contribution < 1.29 is 9.59 Å². The molecule has 1 aliphatic carbocycles. The van der Waals surface area contributed by atoms with Crippen molar-refractivity contribution in [2.45, 2.75) is 91.0 Å². The van der Waals surface area contributed by atoms with Crippen LogP contribution >= 0.6 is 0 Å². The van der Waals surface area contributed by atoms with E-state index in [-0.39, 0.29) is 23.3 Å². The Hall–Kier alpha value is -1.90. The average Bonchev–Trinajstić information content (AvgIpc) is 3.19. The first-order valence-electron chi connectivity index (χ1n) is 11.2. The monoisotopic (exact) mass is 381 g/mol. The smallest absolute Gasteiger partial charge is 0.254 e. The first-order chi connectivity index (χ1) is 13.6. The van der Waals surface area contributed by atoms with Crippen molar-refractivity contribution in [2.24, 2.45) is 5.41 Å². The van der Waals surface area contributed by atoms with Gasteiger partial charge in [-0.2, -0.15) is 0 Å². The van der Waals surface area contributed by atoms with Gasteiger partial charge in [0.25, 0.3) is 11.8 Å². The van der Waals surface area contributed by atoms with Crippen LogP contribution in [0.3, 0.4) is 0 Å². The molecule has 1 atom stereocenters. The molecule has 1 aromatic rings. The molecule has 3 rings (SSSR count). The number of fused-ring (bicyclic) bond motifs is 1. The number of carbonyl (C=O) groups excluding carboxylic acids is 2. The predicted octanol–water partition coefficient (Wildman–Crippen LogP) is 5.92. The summed E-state index contributed by atoms with van der Waals surface area (Å²) < 4.78 is 0. The van der Waals surface area contributed by atoms with E-state index in [0.717, 1.165) is 51.4 Å². The Kier molecular flexibility index (Phi) is 6.74. The Balaban J connectivity index is 2.09. The van der Waals surface area contributed by atoms with Crippen LogP contribution in [0.2, 0.25) is 0 Å². The molecule has 0 spiro atoms. The zero-order valence-electron chi connectivity index (χ0n) is 17.8. The molecule has 2 aliphatic rings. The van der Waals surface area contributed by atoms with Gasteiger partial charge in [-0.25, -0.2) is 0 Å². The lowest BCUT2D eigenvalue weighted by molar-refractivity contribution is -0.143. The van der Waals surface area contributed by atoms with E-state index < -0.39 is 0 Å². The third-order valence-electron chi connectivity index (χ3n) is 6.67. The van der Waals surface area contributed by atoms with Gasteiger partial charge in [0.05, 0.1) is 6.04 Å². The molecule has 1 aliphatic heterocycles. The van der Waals surface area contributed by atoms with Crippen LogP contribution in [0.1, 0.15) is 94.9 Å². The van der Waals surface area contributed by atoms with Crippen LogP contribution in [0.15, 0.2) is 30.4 Å². The number of hydrogen-bond acceptors (Lipinski definition) is 2. The lowest BCUT2D eigenvalue weighted by Gasteiger charge is -2.40. The number of carbonyl (C=O) groups is 2. The molecule has 2 amide bonds. The van der Waals surface area contributed by atoms with Gasteiger partial charge in [-0.05, 0) is 54.2 Å². The number of amides is 2. The van der Waals surface area contributed by atoms with E-state index in [1.54, 1.807) is 4.90 Å². The summed E-state index contributed by atoms with van der Waals surface area (Å²) in [7, 11) is 0. The minimum absolute atomic E-state index is 0.0198. The minimum Gasteiger partial charge on any atom is -0.269 e. The summed E-state index contributed by atoms with van der Waals surface area (Å²) in [4.78, 5) is 27.0. The second-order valence-electron chi connectivity index (χ2n) is 8.62. The van der Waals surface area contributed by atoms with Gasteiger partial charge >= 0.3 is 0 Å². The number of rotatable bonds is 10. The van der Waals surface area contributed by atoms with Crippen molar-refractivity contribution in [1.29, 1.82) is 0 Å². The molecule has 0 unspecified atom stereocenters. The number of benzene rings is 1. The number of aryl methyl sites for hydroxylation is 1. The summed E-state index contributed by atoms with van der Waals surface area (Å²) in [6.07, 6.45) is 14.1. The van der Waals surface area contributed by atoms with Gasteiger partial charge in [0.2, 0.25) is 0 Å². The van der Waals surface area contributed by atoms with Crippen molar-refractivity contribution >= 4 is 11.8 Å². The van der Waals surface area contributed by atoms with Crippen LogP contribution in [-0.4, -0.2) is 16.7 Å². The topological polar surface area (TPSA) is 37.4 Å². The van der Waals surface area contributed by atoms with E-state index in [0.29, 0.717) is 0 Å². The van der Waals surface area contributed by atoms with Gasteiger partial charge in [0.15, 0.2) is 0 Å². The zero-order chi connectivity index (χ0) is 20.1. The van der Waals surface area contributed by atoms with Crippen LogP contribution in [0.5, 0.6) is 0 Å². The van der Waals surface area contributed by atoms with Gasteiger partial charge in [-0.1, -0.05) is 71.1 Å². The van der Waals surface area contributed by atoms with E-state index in [4.69, 9.17) is 0 Å². The van der Waals surface area contributed by atoms with Gasteiger partial charge in [-0.15, -0.1) is 0 Å². The number of unbranched alkanes of at least 4 members (excludes halogenated alkanes) is 3. The summed E-state index contributed by atoms with van der Waals surface area (Å²) >= 11 is 0. The Morgan fingerprint density at radius 2 is 1.54 bits per heavy atom. The summed E-state index contributed by atoms with van der Waals surface area (Å²) in [5.41, 5.74) is 4.05. The fourth-order valence-corrected chi connectivity index (χ4v) is 5.22. The van der Waals surface area contributed by atoms with Gasteiger partial charge in [0, 0.05) is 12.2 Å². The first-order valence-corrected chi connectivity index (χ1v) is 11.2. The van der Waals surface area contributed by atoms with Crippen molar-refractivity contribution in [3.8, 4) is 0 Å². The number of nitrogens with zero attached hydrogens (tertiary/aromatic N) is 1. The Morgan fingerprint density at radius 3 is 2.11 bits per heavy atom. The van der Waals surface area contributed by atoms with E-state index in [1.807, 2.05) is 0 Å². The highest BCUT2D eigenvalue weighted by molar-refractivity contribution is 6.13. The van der Waals surface area contributed by atoms with Crippen LogP contribution in [0.25, 0.3) is 0 Å². The second-order valence-corrected chi connectivity index (χ2v) is 8.62. The maximum atomic E-state index is 12.7. The van der Waals surface area contributed by atoms with Crippen molar-refractivity contribution in [2.75, 3.05) is 0 Å². The Labute approximate surface area is 170 Å². The molecule has 0 saturated heterocycles. The maximum absolute atomic E-state index is 12.7. The van der Waals surface area contributed by atoms with E-state index in [9.17, 15) is 9.59 Å². The molecular weight excluding hydrogens is 346 g/mol. The fourth-order valence-electron chi connectivity index (χ4n) is 5.22. The average molecular weight is 382 g/mol. The molecule has 152 valence electrons. The summed E-state index contributed by atoms with van der Waals surface area (Å²) in [6, 6.07) is 6.45. The van der Waals surface area contributed by atoms with Crippen LogP contribution in [-0.2, 0) is 22.4 Å². The van der Waals surface area contributed by atoms with Crippen LogP contribution < -0.4 is 0 Å². The van der Waals surface area contributed by atoms with Crippen LogP contribution in [0.4, 0.5) is 0 Å². The predicted molar refractivity (Wildman–Crippen MR) is 114 cm³/mol. The molecule has 0 fully saturated rings. The molecule has 3 nitrogen and oxygen atoms in total. The third-order valence-corrected chi connectivity index (χ3v) is 6.67. The molecule has 0 N–H and O–H groups in total. The molecule has 1 heterocycles. The van der Waals surface area contributed by atoms with E-state index in [2.05, 4.69) is 39.0 Å². The van der Waals surface area contributed by atoms with Crippen molar-refractivity contribution in [3.63, 3.8) is 0 Å². The van der Waals surface area contributed by atoms with E-state index in [1.165, 1.54) is 41.7 Å². The fraction of sp³-hybridized carbons (Fsp3) is 0.600. The second kappa shape index (κ2) is 9.07. The van der Waals surface area contributed by atoms with Gasteiger partial charge in [0.1, 0.15) is 0 Å². The first kappa shape index (κ1) is 20.8. The molecule has 0 radical (unpaired) electrons. The minimum atomic E-state index is -0.140. The lowest BCUT2D eigenvalue weighted by atomic mass is 9.72. The standard InChI is InChI=1S/C25H35NO2/c1-4-7-11-19-12-10-13-20-21(19)18-25(16-8-5-2,17-9-6-3)24(20)26-22(27)14-15-23(26)28/h10,12-15,24H,4-9,11,16-18H2,1-3H3/t24-/m1/s1. The maximum Gasteiger partial charge on any atom is 0.254 e. The largest absolute Gasteiger partial charge is 0.269 e. The Morgan fingerprint density at radius 1 is 0.929 bits per heavy atom. The molecule has 28 heavy (non-hydrogen) atoms. The highest BCUT2D eigenvalue weighted by Gasteiger charge is 2.51. The number of hydrogen-bond donors (Lipinski definition) is 0. The Bertz CT molecular complexity index is 723. The quantitative estimate of drug-likeness (QED) is 0.472. The van der Waals surface area contributed by atoms with Gasteiger partial charge in [-0.3, -0.25) is 14.5 Å². The summed E-state index contributed by atoms with van der Waals surface area (Å²) in [5.74, 6) is -0.279. The zero-order valence-corrected chi connectivity index (χ0v) is 17.8. The molecule has 0 saturated carbocycles. The summed E-state index contributed by atoms with van der Waals surface area (Å²) in [6.45, 7) is 6.68. The highest BCUT2D eigenvalue weighted by Crippen LogP contribution is 2.56. The van der Waals surface area contributed by atoms with E-state index >= 15 is 0 Å². The molecular formula is C25H35NO2. The molecule has 3 heteroatoms. The normalized spacial score (nSPS) is 20.2. The summed E-state index contributed by atoms with van der Waals surface area (Å²) in [5, 5.41) is 0.